The van der Waals surface area contributed by atoms with E-state index in [9.17, 15) is 14.4 Å². The Morgan fingerprint density at radius 2 is 1.83 bits per heavy atom. The first-order valence-corrected chi connectivity index (χ1v) is 13.1. The Bertz CT molecular complexity index is 1220. The van der Waals surface area contributed by atoms with Gasteiger partial charge in [0.25, 0.3) is 5.56 Å². The summed E-state index contributed by atoms with van der Waals surface area (Å²) in [5.74, 6) is 1.21. The number of amides is 1. The number of hydrogen-bond acceptors (Lipinski definition) is 4. The first kappa shape index (κ1) is 24.2. The zero-order valence-corrected chi connectivity index (χ0v) is 21.3. The van der Waals surface area contributed by atoms with Crippen LogP contribution in [0.1, 0.15) is 64.4 Å². The van der Waals surface area contributed by atoms with Gasteiger partial charge in [-0.15, -0.1) is 11.6 Å². The molecule has 4 bridgehead atoms. The Labute approximate surface area is 210 Å². The van der Waals surface area contributed by atoms with Crippen molar-refractivity contribution in [2.24, 2.45) is 23.2 Å². The third-order valence-electron chi connectivity index (χ3n) is 8.29. The molecule has 4 fully saturated rings. The summed E-state index contributed by atoms with van der Waals surface area (Å²) in [7, 11) is 0. The number of carbonyl (C=O) groups is 1. The number of nitrogens with one attached hydrogen (secondary N) is 1. The maximum Gasteiger partial charge on any atom is 0.330 e. The average molecular weight is 499 g/mol. The standard InChI is InChI=1S/C27H35ClN4O3/c1-17(2)8-9-31(24(34)26-11-19-10-20(12-26)14-27(28,13-19)16-26)21-22(29)32(25(35)30-23(21)33)15-18-6-4-3-5-7-18/h3-7,17,19-20H,8-16,29H2,1-2H3,(H,30,33,35). The maximum absolute atomic E-state index is 14.4. The van der Waals surface area contributed by atoms with Crippen molar-refractivity contribution in [2.75, 3.05) is 17.2 Å². The van der Waals surface area contributed by atoms with E-state index in [2.05, 4.69) is 18.8 Å². The van der Waals surface area contributed by atoms with Crippen LogP contribution in [-0.2, 0) is 11.3 Å². The lowest BCUT2D eigenvalue weighted by Gasteiger charge is -2.59. The van der Waals surface area contributed by atoms with Gasteiger partial charge in [-0.1, -0.05) is 44.2 Å². The summed E-state index contributed by atoms with van der Waals surface area (Å²) >= 11 is 7.03. The van der Waals surface area contributed by atoms with Gasteiger partial charge in [0.15, 0.2) is 5.69 Å². The SMILES string of the molecule is CC(C)CCN(C(=O)C12CC3CC(CC(Cl)(C3)C1)C2)c1c(N)n(Cc2ccccc2)c(=O)[nH]c1=O. The molecule has 2 aromatic rings. The van der Waals surface area contributed by atoms with Crippen LogP contribution < -0.4 is 21.9 Å². The van der Waals surface area contributed by atoms with Crippen molar-refractivity contribution in [1.82, 2.24) is 9.55 Å². The number of aromatic amines is 1. The number of hydrogen-bond donors (Lipinski definition) is 2. The molecule has 3 N–H and O–H groups in total. The zero-order valence-electron chi connectivity index (χ0n) is 20.6. The van der Waals surface area contributed by atoms with Gasteiger partial charge in [-0.2, -0.15) is 0 Å². The monoisotopic (exact) mass is 498 g/mol. The van der Waals surface area contributed by atoms with Gasteiger partial charge in [0.2, 0.25) is 5.91 Å². The molecule has 8 heteroatoms. The van der Waals surface area contributed by atoms with Crippen molar-refractivity contribution >= 4 is 29.0 Å². The van der Waals surface area contributed by atoms with E-state index in [1.807, 2.05) is 30.3 Å². The first-order valence-electron chi connectivity index (χ1n) is 12.8. The molecule has 4 aliphatic carbocycles. The van der Waals surface area contributed by atoms with Crippen molar-refractivity contribution in [1.29, 1.82) is 0 Å². The molecular weight excluding hydrogens is 464 g/mol. The van der Waals surface area contributed by atoms with Crippen LogP contribution in [0.3, 0.4) is 0 Å². The van der Waals surface area contributed by atoms with Crippen LogP contribution in [-0.4, -0.2) is 26.9 Å². The van der Waals surface area contributed by atoms with E-state index in [1.54, 1.807) is 4.90 Å². The number of H-pyrrole nitrogens is 1. The summed E-state index contributed by atoms with van der Waals surface area (Å²) < 4.78 is 1.35. The molecule has 6 rings (SSSR count). The van der Waals surface area contributed by atoms with Gasteiger partial charge in [0, 0.05) is 11.4 Å². The molecule has 0 spiro atoms. The van der Waals surface area contributed by atoms with Crippen molar-refractivity contribution < 1.29 is 4.79 Å². The largest absolute Gasteiger partial charge is 0.383 e. The number of nitrogens with two attached hydrogens (primary N) is 1. The van der Waals surface area contributed by atoms with Gasteiger partial charge in [-0.05, 0) is 68.3 Å². The Kier molecular flexibility index (Phi) is 6.10. The first-order chi connectivity index (χ1) is 16.6. The minimum Gasteiger partial charge on any atom is -0.383 e. The number of aromatic nitrogens is 2. The Morgan fingerprint density at radius 1 is 1.17 bits per heavy atom. The second-order valence-corrected chi connectivity index (χ2v) is 12.4. The third kappa shape index (κ3) is 4.44. The average Bonchev–Trinajstić information content (AvgIpc) is 2.77. The van der Waals surface area contributed by atoms with E-state index >= 15 is 0 Å². The van der Waals surface area contributed by atoms with Crippen LogP contribution in [0.5, 0.6) is 0 Å². The van der Waals surface area contributed by atoms with Crippen molar-refractivity contribution in [3.8, 4) is 0 Å². The normalized spacial score (nSPS) is 29.0. The number of nitrogen functional groups attached to an aromatic ring is 1. The molecule has 0 saturated heterocycles. The minimum atomic E-state index is -0.612. The highest BCUT2D eigenvalue weighted by molar-refractivity contribution is 6.24. The van der Waals surface area contributed by atoms with Crippen LogP contribution in [0.25, 0.3) is 0 Å². The van der Waals surface area contributed by atoms with Crippen LogP contribution in [0.2, 0.25) is 0 Å². The van der Waals surface area contributed by atoms with Crippen LogP contribution in [0.15, 0.2) is 39.9 Å². The van der Waals surface area contributed by atoms with E-state index in [0.29, 0.717) is 30.7 Å². The Balaban J connectivity index is 1.57. The zero-order chi connectivity index (χ0) is 25.0. The summed E-state index contributed by atoms with van der Waals surface area (Å²) in [6, 6.07) is 9.46. The predicted octanol–water partition coefficient (Wildman–Crippen LogP) is 4.12. The molecule has 1 heterocycles. The highest BCUT2D eigenvalue weighted by Crippen LogP contribution is 2.64. The lowest BCUT2D eigenvalue weighted by atomic mass is 9.49. The number of carbonyl (C=O) groups excluding carboxylic acids is 1. The van der Waals surface area contributed by atoms with Crippen LogP contribution in [0, 0.1) is 23.2 Å². The predicted molar refractivity (Wildman–Crippen MR) is 139 cm³/mol. The Morgan fingerprint density at radius 3 is 2.43 bits per heavy atom. The molecule has 4 saturated carbocycles. The fourth-order valence-electron chi connectivity index (χ4n) is 7.15. The van der Waals surface area contributed by atoms with E-state index < -0.39 is 16.7 Å². The second kappa shape index (κ2) is 8.84. The molecule has 1 aromatic heterocycles. The molecule has 4 aliphatic rings. The Hall–Kier alpha value is -2.54. The van der Waals surface area contributed by atoms with Crippen LogP contribution in [0.4, 0.5) is 11.5 Å². The highest BCUT2D eigenvalue weighted by Gasteiger charge is 2.61. The third-order valence-corrected chi connectivity index (χ3v) is 8.73. The molecular formula is C27H35ClN4O3. The molecule has 1 amide bonds. The van der Waals surface area contributed by atoms with Crippen LogP contribution >= 0.6 is 11.6 Å². The molecule has 7 nitrogen and oxygen atoms in total. The number of benzene rings is 1. The quantitative estimate of drug-likeness (QED) is 0.560. The molecule has 0 radical (unpaired) electrons. The van der Waals surface area contributed by atoms with Crippen molar-refractivity contribution in [3.63, 3.8) is 0 Å². The second-order valence-electron chi connectivity index (χ2n) is 11.6. The van der Waals surface area contributed by atoms with Crippen molar-refractivity contribution in [2.45, 2.75) is 70.2 Å². The van der Waals surface area contributed by atoms with Gasteiger partial charge >= 0.3 is 5.69 Å². The van der Waals surface area contributed by atoms with E-state index in [0.717, 1.165) is 44.1 Å². The summed E-state index contributed by atoms with van der Waals surface area (Å²) in [6.07, 6.45) is 6.07. The van der Waals surface area contributed by atoms with Gasteiger partial charge in [0.05, 0.1) is 12.0 Å². The maximum atomic E-state index is 14.4. The summed E-state index contributed by atoms with van der Waals surface area (Å²) in [4.78, 5) is 44.0. The number of nitrogens with zero attached hydrogens (tertiary/aromatic N) is 2. The van der Waals surface area contributed by atoms with E-state index in [1.165, 1.54) is 4.57 Å². The smallest absolute Gasteiger partial charge is 0.330 e. The molecule has 2 atom stereocenters. The van der Waals surface area contributed by atoms with Gasteiger partial charge in [-0.25, -0.2) is 4.79 Å². The summed E-state index contributed by atoms with van der Waals surface area (Å²) in [6.45, 7) is 4.76. The molecule has 35 heavy (non-hydrogen) atoms. The van der Waals surface area contributed by atoms with Gasteiger partial charge in [0.1, 0.15) is 5.82 Å². The highest BCUT2D eigenvalue weighted by atomic mass is 35.5. The summed E-state index contributed by atoms with van der Waals surface area (Å²) in [5.41, 5.74) is 5.73. The van der Waals surface area contributed by atoms with E-state index in [-0.39, 0.29) is 28.8 Å². The number of anilines is 2. The summed E-state index contributed by atoms with van der Waals surface area (Å²) in [5, 5.41) is 0. The molecule has 188 valence electrons. The number of rotatable bonds is 7. The van der Waals surface area contributed by atoms with Gasteiger partial charge < -0.3 is 10.6 Å². The van der Waals surface area contributed by atoms with Gasteiger partial charge in [-0.3, -0.25) is 19.1 Å². The van der Waals surface area contributed by atoms with Crippen molar-refractivity contribution in [3.05, 3.63) is 56.7 Å². The fraction of sp³-hybridized carbons (Fsp3) is 0.593. The topological polar surface area (TPSA) is 101 Å². The fourth-order valence-corrected chi connectivity index (χ4v) is 7.84. The van der Waals surface area contributed by atoms with E-state index in [4.69, 9.17) is 17.3 Å². The minimum absolute atomic E-state index is 0.0324. The molecule has 0 aliphatic heterocycles. The number of halogens is 1. The number of alkyl halides is 1. The lowest BCUT2D eigenvalue weighted by molar-refractivity contribution is -0.141. The molecule has 1 aromatic carbocycles. The lowest BCUT2D eigenvalue weighted by Crippen LogP contribution is -2.60. The molecule has 2 unspecified atom stereocenters.